The largest absolute Gasteiger partial charge is 0.398 e. The number of hydrogen-bond donors (Lipinski definition) is 1. The summed E-state index contributed by atoms with van der Waals surface area (Å²) in [6.45, 7) is 0. The Labute approximate surface area is 85.3 Å². The molecule has 15 heavy (non-hydrogen) atoms. The topological polar surface area (TPSA) is 77.6 Å². The Kier molecular flexibility index (Phi) is 1.53. The third-order valence-electron chi connectivity index (χ3n) is 2.33. The molecule has 5 nitrogen and oxygen atoms in total. The van der Waals surface area contributed by atoms with Crippen LogP contribution in [0, 0.1) is 0 Å². The lowest BCUT2D eigenvalue weighted by Crippen LogP contribution is -1.85. The molecular weight excluding hydrogens is 190 g/mol. The molecule has 1 aromatic carbocycles. The minimum absolute atomic E-state index is 0.538. The molecule has 3 rings (SSSR count). The Balaban J connectivity index is 2.57. The first-order chi connectivity index (χ1) is 7.36. The number of nitrogens with zero attached hydrogens (tertiary/aromatic N) is 4. The maximum Gasteiger partial charge on any atom is 0.204 e. The minimum atomic E-state index is 0.538. The Morgan fingerprint density at radius 1 is 1.00 bits per heavy atom. The van der Waals surface area contributed by atoms with Crippen molar-refractivity contribution in [3.8, 4) is 11.5 Å². The van der Waals surface area contributed by atoms with E-state index >= 15 is 0 Å². The molecule has 0 bridgehead atoms. The summed E-state index contributed by atoms with van der Waals surface area (Å²) in [4.78, 5) is 4.13. The molecular formula is C10H7N5. The van der Waals surface area contributed by atoms with Gasteiger partial charge in [0.15, 0.2) is 0 Å². The molecule has 0 unspecified atom stereocenters. The van der Waals surface area contributed by atoms with Crippen molar-refractivity contribution in [2.75, 3.05) is 5.73 Å². The van der Waals surface area contributed by atoms with E-state index in [1.807, 2.05) is 24.3 Å². The number of nitrogens with two attached hydrogens (primary N) is 1. The van der Waals surface area contributed by atoms with Crippen molar-refractivity contribution in [1.82, 2.24) is 20.4 Å². The highest BCUT2D eigenvalue weighted by molar-refractivity contribution is 5.99. The zero-order valence-electron chi connectivity index (χ0n) is 7.75. The van der Waals surface area contributed by atoms with E-state index in [1.165, 1.54) is 0 Å². The normalized spacial score (nSPS) is 10.9. The van der Waals surface area contributed by atoms with Crippen LogP contribution in [0.1, 0.15) is 0 Å². The van der Waals surface area contributed by atoms with Gasteiger partial charge in [-0.15, -0.1) is 10.2 Å². The van der Waals surface area contributed by atoms with Crippen LogP contribution in [-0.2, 0) is 0 Å². The Morgan fingerprint density at radius 2 is 1.93 bits per heavy atom. The van der Waals surface area contributed by atoms with Gasteiger partial charge in [-0.3, -0.25) is 0 Å². The van der Waals surface area contributed by atoms with Gasteiger partial charge in [-0.25, -0.2) is 4.98 Å². The predicted molar refractivity (Wildman–Crippen MR) is 56.2 cm³/mol. The second-order valence-electron chi connectivity index (χ2n) is 3.21. The quantitative estimate of drug-likeness (QED) is 0.546. The fraction of sp³-hybridized carbons (Fsp3) is 0. The molecule has 2 aliphatic rings. The van der Waals surface area contributed by atoms with Gasteiger partial charge in [-0.2, -0.15) is 0 Å². The van der Waals surface area contributed by atoms with Crippen LogP contribution in [0.4, 0.5) is 5.69 Å². The van der Waals surface area contributed by atoms with E-state index in [2.05, 4.69) is 20.4 Å². The Hall–Kier alpha value is -2.30. The standard InChI is InChI=1S/C10H7N5/c11-8-3-1-2-7-6(8)4-5-12-10-9(7)13-15-14-10/h1-5H,11H2. The average Bonchev–Trinajstić information content (AvgIpc) is 2.62. The Bertz CT molecular complexity index is 607. The summed E-state index contributed by atoms with van der Waals surface area (Å²) in [5, 5.41) is 13.2. The van der Waals surface area contributed by atoms with E-state index in [1.54, 1.807) is 6.20 Å². The summed E-state index contributed by atoms with van der Waals surface area (Å²) in [6.07, 6.45) is 1.66. The van der Waals surface area contributed by atoms with Crippen LogP contribution in [0.2, 0.25) is 0 Å². The van der Waals surface area contributed by atoms with Crippen molar-refractivity contribution in [1.29, 1.82) is 0 Å². The van der Waals surface area contributed by atoms with Gasteiger partial charge in [-0.1, -0.05) is 12.1 Å². The molecule has 2 aliphatic heterocycles. The van der Waals surface area contributed by atoms with E-state index in [0.29, 0.717) is 17.2 Å². The minimum Gasteiger partial charge on any atom is -0.398 e. The summed E-state index contributed by atoms with van der Waals surface area (Å²) in [6, 6.07) is 7.52. The van der Waals surface area contributed by atoms with Crippen molar-refractivity contribution in [3.05, 3.63) is 30.5 Å². The Morgan fingerprint density at radius 3 is 2.87 bits per heavy atom. The number of nitrogen functional groups attached to an aromatic ring is 1. The number of hydrogen-bond acceptors (Lipinski definition) is 5. The second-order valence-corrected chi connectivity index (χ2v) is 3.21. The molecule has 0 fully saturated rings. The van der Waals surface area contributed by atoms with Crippen LogP contribution in [0.15, 0.2) is 30.5 Å². The molecule has 1 aromatic rings. The third-order valence-corrected chi connectivity index (χ3v) is 2.33. The van der Waals surface area contributed by atoms with Gasteiger partial charge in [0.25, 0.3) is 0 Å². The van der Waals surface area contributed by atoms with Crippen molar-refractivity contribution in [2.24, 2.45) is 0 Å². The zero-order valence-corrected chi connectivity index (χ0v) is 7.75. The number of fused-ring (bicyclic) bond motifs is 3. The molecule has 5 heteroatoms. The number of benzene rings is 1. The van der Waals surface area contributed by atoms with Crippen LogP contribution < -0.4 is 5.73 Å². The molecule has 0 radical (unpaired) electrons. The van der Waals surface area contributed by atoms with Gasteiger partial charge in [0.2, 0.25) is 5.82 Å². The molecule has 2 N–H and O–H groups in total. The van der Waals surface area contributed by atoms with E-state index in [9.17, 15) is 0 Å². The monoisotopic (exact) mass is 197 g/mol. The lowest BCUT2D eigenvalue weighted by molar-refractivity contribution is 0.946. The van der Waals surface area contributed by atoms with Crippen LogP contribution >= 0.6 is 0 Å². The van der Waals surface area contributed by atoms with Gasteiger partial charge in [0, 0.05) is 22.7 Å². The molecule has 0 saturated carbocycles. The predicted octanol–water partition coefficient (Wildman–Crippen LogP) is 1.11. The number of rotatable bonds is 0. The lowest BCUT2D eigenvalue weighted by Gasteiger charge is -1.97. The van der Waals surface area contributed by atoms with E-state index in [-0.39, 0.29) is 0 Å². The maximum absolute atomic E-state index is 5.88. The van der Waals surface area contributed by atoms with E-state index in [0.717, 1.165) is 10.8 Å². The van der Waals surface area contributed by atoms with Gasteiger partial charge in [0.1, 0.15) is 5.69 Å². The van der Waals surface area contributed by atoms with Gasteiger partial charge < -0.3 is 5.73 Å². The lowest BCUT2D eigenvalue weighted by atomic mass is 10.1. The molecule has 0 spiro atoms. The first-order valence-corrected chi connectivity index (χ1v) is 4.48. The third kappa shape index (κ3) is 1.10. The summed E-state index contributed by atoms with van der Waals surface area (Å²) in [7, 11) is 0. The molecule has 0 amide bonds. The molecule has 2 heterocycles. The maximum atomic E-state index is 5.88. The van der Waals surface area contributed by atoms with Crippen LogP contribution in [-0.4, -0.2) is 20.4 Å². The highest BCUT2D eigenvalue weighted by Gasteiger charge is 2.11. The fourth-order valence-electron chi connectivity index (χ4n) is 1.62. The summed E-state index contributed by atoms with van der Waals surface area (Å²) >= 11 is 0. The van der Waals surface area contributed by atoms with E-state index in [4.69, 9.17) is 5.73 Å². The second kappa shape index (κ2) is 2.84. The average molecular weight is 197 g/mol. The van der Waals surface area contributed by atoms with E-state index < -0.39 is 0 Å². The van der Waals surface area contributed by atoms with Gasteiger partial charge in [-0.05, 0) is 17.3 Å². The van der Waals surface area contributed by atoms with Gasteiger partial charge >= 0.3 is 0 Å². The molecule has 0 atom stereocenters. The first kappa shape index (κ1) is 8.05. The smallest absolute Gasteiger partial charge is 0.204 e. The van der Waals surface area contributed by atoms with Gasteiger partial charge in [0.05, 0.1) is 0 Å². The summed E-state index contributed by atoms with van der Waals surface area (Å²) < 4.78 is 0. The highest BCUT2D eigenvalue weighted by atomic mass is 15.4. The van der Waals surface area contributed by atoms with Crippen molar-refractivity contribution in [3.63, 3.8) is 0 Å². The van der Waals surface area contributed by atoms with Crippen molar-refractivity contribution >= 4 is 16.5 Å². The van der Waals surface area contributed by atoms with Crippen LogP contribution in [0.5, 0.6) is 0 Å². The van der Waals surface area contributed by atoms with Crippen molar-refractivity contribution in [2.45, 2.75) is 0 Å². The summed E-state index contributed by atoms with van der Waals surface area (Å²) in [5.41, 5.74) is 7.26. The van der Waals surface area contributed by atoms with Crippen LogP contribution in [0.3, 0.4) is 0 Å². The molecule has 0 aromatic heterocycles. The van der Waals surface area contributed by atoms with Crippen LogP contribution in [0.25, 0.3) is 22.3 Å². The number of aromatic nitrogens is 4. The SMILES string of the molecule is Nc1cccc2c3nnnc-3nccc12. The number of anilines is 1. The zero-order chi connectivity index (χ0) is 10.3. The first-order valence-electron chi connectivity index (χ1n) is 4.48. The highest BCUT2D eigenvalue weighted by Crippen LogP contribution is 2.26. The summed E-state index contributed by atoms with van der Waals surface area (Å²) in [5.74, 6) is 0.538. The molecule has 0 aliphatic carbocycles. The van der Waals surface area contributed by atoms with Crippen molar-refractivity contribution < 1.29 is 0 Å². The molecule has 0 saturated heterocycles. The fourth-order valence-corrected chi connectivity index (χ4v) is 1.62. The molecule has 72 valence electrons.